The molecule has 2 aromatic rings. The third-order valence-electron chi connectivity index (χ3n) is 5.66. The Hall–Kier alpha value is -2.76. The molecular formula is C21H22N2O4. The van der Waals surface area contributed by atoms with Crippen molar-refractivity contribution in [2.24, 2.45) is 0 Å². The maximum Gasteiger partial charge on any atom is 0.258 e. The molecule has 1 aromatic carbocycles. The van der Waals surface area contributed by atoms with Crippen LogP contribution in [0.5, 0.6) is 17.2 Å². The summed E-state index contributed by atoms with van der Waals surface area (Å²) in [5, 5.41) is 0. The highest BCUT2D eigenvalue weighted by atomic mass is 16.6. The Bertz CT molecular complexity index is 827. The van der Waals surface area contributed by atoms with Crippen LogP contribution in [0.25, 0.3) is 0 Å². The number of amides is 1. The largest absolute Gasteiger partial charge is 0.489 e. The molecule has 0 spiro atoms. The van der Waals surface area contributed by atoms with Crippen LogP contribution < -0.4 is 14.2 Å². The first-order valence-corrected chi connectivity index (χ1v) is 9.57. The first kappa shape index (κ1) is 16.4. The SMILES string of the molecule is O=C(c1cccc2c1OCCO2)N1C2CCC1CC(Oc1cccnc1)C2. The predicted molar refractivity (Wildman–Crippen MR) is 98.3 cm³/mol. The Morgan fingerprint density at radius 2 is 1.89 bits per heavy atom. The maximum atomic E-state index is 13.3. The van der Waals surface area contributed by atoms with Crippen LogP contribution in [0.1, 0.15) is 36.0 Å². The van der Waals surface area contributed by atoms with E-state index in [9.17, 15) is 4.79 Å². The van der Waals surface area contributed by atoms with E-state index in [2.05, 4.69) is 9.88 Å². The number of hydrogen-bond acceptors (Lipinski definition) is 5. The van der Waals surface area contributed by atoms with Gasteiger partial charge in [0.1, 0.15) is 25.1 Å². The van der Waals surface area contributed by atoms with Crippen molar-refractivity contribution in [3.63, 3.8) is 0 Å². The van der Waals surface area contributed by atoms with E-state index in [0.717, 1.165) is 31.4 Å². The summed E-state index contributed by atoms with van der Waals surface area (Å²) in [4.78, 5) is 19.5. The maximum absolute atomic E-state index is 13.3. The van der Waals surface area contributed by atoms with E-state index in [-0.39, 0.29) is 24.1 Å². The zero-order valence-electron chi connectivity index (χ0n) is 15.0. The molecule has 2 atom stereocenters. The monoisotopic (exact) mass is 366 g/mol. The summed E-state index contributed by atoms with van der Waals surface area (Å²) in [5.74, 6) is 2.09. The second kappa shape index (κ2) is 6.76. The van der Waals surface area contributed by atoms with Gasteiger partial charge in [0, 0.05) is 31.1 Å². The minimum absolute atomic E-state index is 0.0460. The van der Waals surface area contributed by atoms with Gasteiger partial charge in [0.15, 0.2) is 11.5 Å². The molecule has 1 aromatic heterocycles. The van der Waals surface area contributed by atoms with Crippen molar-refractivity contribution in [2.45, 2.75) is 43.9 Å². The van der Waals surface area contributed by atoms with Gasteiger partial charge >= 0.3 is 0 Å². The molecule has 0 saturated carbocycles. The third kappa shape index (κ3) is 2.99. The lowest BCUT2D eigenvalue weighted by atomic mass is 9.98. The summed E-state index contributed by atoms with van der Waals surface area (Å²) < 4.78 is 17.5. The fourth-order valence-corrected chi connectivity index (χ4v) is 4.55. The number of carbonyl (C=O) groups excluding carboxylic acids is 1. The van der Waals surface area contributed by atoms with Crippen LogP contribution in [-0.2, 0) is 0 Å². The summed E-state index contributed by atoms with van der Waals surface area (Å²) in [6, 6.07) is 9.78. The van der Waals surface area contributed by atoms with Crippen molar-refractivity contribution >= 4 is 5.91 Å². The molecule has 2 saturated heterocycles. The Kier molecular flexibility index (Phi) is 4.11. The zero-order chi connectivity index (χ0) is 18.2. The van der Waals surface area contributed by atoms with E-state index in [1.54, 1.807) is 12.4 Å². The number of piperidine rings is 1. The van der Waals surface area contributed by atoms with E-state index < -0.39 is 0 Å². The molecule has 6 heteroatoms. The Morgan fingerprint density at radius 1 is 1.07 bits per heavy atom. The average molecular weight is 366 g/mol. The van der Waals surface area contributed by atoms with Gasteiger partial charge in [-0.05, 0) is 37.1 Å². The normalized spacial score (nSPS) is 25.9. The van der Waals surface area contributed by atoms with E-state index in [4.69, 9.17) is 14.2 Å². The second-order valence-electron chi connectivity index (χ2n) is 7.33. The lowest BCUT2D eigenvalue weighted by molar-refractivity contribution is 0.0352. The Morgan fingerprint density at radius 3 is 2.67 bits per heavy atom. The van der Waals surface area contributed by atoms with Crippen molar-refractivity contribution in [3.8, 4) is 17.2 Å². The van der Waals surface area contributed by atoms with Gasteiger partial charge in [-0.1, -0.05) is 6.07 Å². The molecule has 2 unspecified atom stereocenters. The molecule has 2 bridgehead atoms. The molecule has 0 N–H and O–H groups in total. The topological polar surface area (TPSA) is 60.9 Å². The van der Waals surface area contributed by atoms with E-state index in [1.165, 1.54) is 0 Å². The molecule has 3 aliphatic heterocycles. The number of rotatable bonds is 3. The Labute approximate surface area is 158 Å². The van der Waals surface area contributed by atoms with Gasteiger partial charge in [0.25, 0.3) is 5.91 Å². The number of para-hydroxylation sites is 1. The van der Waals surface area contributed by atoms with Crippen molar-refractivity contribution in [3.05, 3.63) is 48.3 Å². The van der Waals surface area contributed by atoms with Crippen molar-refractivity contribution < 1.29 is 19.0 Å². The number of pyridine rings is 1. The fraction of sp³-hybridized carbons (Fsp3) is 0.429. The lowest BCUT2D eigenvalue weighted by Gasteiger charge is -2.39. The lowest BCUT2D eigenvalue weighted by Crippen LogP contribution is -2.49. The molecule has 1 amide bonds. The van der Waals surface area contributed by atoms with Gasteiger partial charge in [-0.15, -0.1) is 0 Å². The summed E-state index contributed by atoms with van der Waals surface area (Å²) >= 11 is 0. The van der Waals surface area contributed by atoms with Gasteiger partial charge in [-0.2, -0.15) is 0 Å². The third-order valence-corrected chi connectivity index (χ3v) is 5.66. The van der Waals surface area contributed by atoms with Gasteiger partial charge in [0.05, 0.1) is 11.8 Å². The van der Waals surface area contributed by atoms with Gasteiger partial charge in [-0.25, -0.2) is 0 Å². The molecule has 0 aliphatic carbocycles. The molecular weight excluding hydrogens is 344 g/mol. The fourth-order valence-electron chi connectivity index (χ4n) is 4.55. The predicted octanol–water partition coefficient (Wildman–Crippen LogP) is 3.07. The standard InChI is InChI=1S/C21H22N2O4/c24-21(18-4-1-5-19-20(18)26-10-9-25-19)23-14-6-7-15(23)12-17(11-14)27-16-3-2-8-22-13-16/h1-5,8,13-15,17H,6-7,9-12H2. The molecule has 2 fully saturated rings. The number of hydrogen-bond donors (Lipinski definition) is 0. The minimum atomic E-state index is 0.0460. The van der Waals surface area contributed by atoms with Crippen LogP contribution in [-0.4, -0.2) is 47.2 Å². The van der Waals surface area contributed by atoms with Crippen LogP contribution in [0, 0.1) is 0 Å². The second-order valence-corrected chi connectivity index (χ2v) is 7.33. The van der Waals surface area contributed by atoms with Gasteiger partial charge < -0.3 is 19.1 Å². The average Bonchev–Trinajstić information content (AvgIpc) is 2.98. The minimum Gasteiger partial charge on any atom is -0.489 e. The highest BCUT2D eigenvalue weighted by Gasteiger charge is 2.45. The van der Waals surface area contributed by atoms with Crippen molar-refractivity contribution in [1.29, 1.82) is 0 Å². The number of nitrogens with zero attached hydrogens (tertiary/aromatic N) is 2. The number of carbonyl (C=O) groups is 1. The zero-order valence-corrected chi connectivity index (χ0v) is 15.0. The van der Waals surface area contributed by atoms with Crippen LogP contribution in [0.4, 0.5) is 0 Å². The molecule has 140 valence electrons. The molecule has 3 aliphatic rings. The Balaban J connectivity index is 1.35. The molecule has 5 rings (SSSR count). The number of benzene rings is 1. The van der Waals surface area contributed by atoms with Crippen LogP contribution in [0.2, 0.25) is 0 Å². The molecule has 4 heterocycles. The molecule has 0 radical (unpaired) electrons. The summed E-state index contributed by atoms with van der Waals surface area (Å²) in [5.41, 5.74) is 0.607. The highest BCUT2D eigenvalue weighted by molar-refractivity contribution is 5.98. The van der Waals surface area contributed by atoms with E-state index >= 15 is 0 Å². The number of aromatic nitrogens is 1. The summed E-state index contributed by atoms with van der Waals surface area (Å²) in [6.07, 6.45) is 7.36. The van der Waals surface area contributed by atoms with Gasteiger partial charge in [0.2, 0.25) is 0 Å². The first-order chi connectivity index (χ1) is 13.3. The summed E-state index contributed by atoms with van der Waals surface area (Å²) in [7, 11) is 0. The molecule has 6 nitrogen and oxygen atoms in total. The van der Waals surface area contributed by atoms with Gasteiger partial charge in [-0.3, -0.25) is 9.78 Å². The highest BCUT2D eigenvalue weighted by Crippen LogP contribution is 2.41. The van der Waals surface area contributed by atoms with Crippen LogP contribution >= 0.6 is 0 Å². The first-order valence-electron chi connectivity index (χ1n) is 9.57. The van der Waals surface area contributed by atoms with E-state index in [1.807, 2.05) is 30.3 Å². The van der Waals surface area contributed by atoms with Crippen LogP contribution in [0.3, 0.4) is 0 Å². The summed E-state index contributed by atoms with van der Waals surface area (Å²) in [6.45, 7) is 0.998. The number of fused-ring (bicyclic) bond motifs is 3. The van der Waals surface area contributed by atoms with Crippen molar-refractivity contribution in [1.82, 2.24) is 9.88 Å². The quantitative estimate of drug-likeness (QED) is 0.835. The smallest absolute Gasteiger partial charge is 0.258 e. The molecule has 27 heavy (non-hydrogen) atoms. The number of ether oxygens (including phenoxy) is 3. The van der Waals surface area contributed by atoms with Crippen molar-refractivity contribution in [2.75, 3.05) is 13.2 Å². The van der Waals surface area contributed by atoms with Crippen LogP contribution in [0.15, 0.2) is 42.7 Å². The van der Waals surface area contributed by atoms with E-state index in [0.29, 0.717) is 30.3 Å².